The summed E-state index contributed by atoms with van der Waals surface area (Å²) in [5.74, 6) is -0.102. The summed E-state index contributed by atoms with van der Waals surface area (Å²) in [5, 5.41) is 3.40. The van der Waals surface area contributed by atoms with Crippen LogP contribution in [0.15, 0.2) is 18.2 Å². The zero-order chi connectivity index (χ0) is 15.4. The number of rotatable bonds is 5. The van der Waals surface area contributed by atoms with Gasteiger partial charge in [-0.1, -0.05) is 13.0 Å². The Morgan fingerprint density at radius 1 is 1.38 bits per heavy atom. The molecule has 0 spiro atoms. The van der Waals surface area contributed by atoms with Crippen LogP contribution in [0.2, 0.25) is 0 Å². The summed E-state index contributed by atoms with van der Waals surface area (Å²) in [4.78, 5) is 4.48. The molecule has 0 aromatic heterocycles. The molecule has 1 heterocycles. The fraction of sp³-hybridized carbons (Fsp3) is 0.647. The molecule has 1 aliphatic heterocycles. The summed E-state index contributed by atoms with van der Waals surface area (Å²) >= 11 is 0. The standard InChI is InChI=1S/C17H28FN3/c1-5-8-19-14(3)15-6-7-17(16(18)11-15)21-10-9-20(4)13(2)12-21/h6-7,11,13-14,19H,5,8-10,12H2,1-4H3. The van der Waals surface area contributed by atoms with Crippen molar-refractivity contribution in [2.24, 2.45) is 0 Å². The van der Waals surface area contributed by atoms with E-state index < -0.39 is 0 Å². The topological polar surface area (TPSA) is 18.5 Å². The smallest absolute Gasteiger partial charge is 0.146 e. The van der Waals surface area contributed by atoms with Crippen LogP contribution in [0.1, 0.15) is 38.8 Å². The number of nitrogens with zero attached hydrogens (tertiary/aromatic N) is 2. The maximum atomic E-state index is 14.5. The Hall–Kier alpha value is -1.13. The molecule has 0 radical (unpaired) electrons. The molecule has 0 aliphatic carbocycles. The first kappa shape index (κ1) is 16.2. The average Bonchev–Trinajstić information content (AvgIpc) is 2.47. The van der Waals surface area contributed by atoms with Crippen molar-refractivity contribution in [1.29, 1.82) is 0 Å². The van der Waals surface area contributed by atoms with Gasteiger partial charge in [0.15, 0.2) is 0 Å². The highest BCUT2D eigenvalue weighted by molar-refractivity contribution is 5.50. The predicted octanol–water partition coefficient (Wildman–Crippen LogP) is 3.03. The Morgan fingerprint density at radius 2 is 2.14 bits per heavy atom. The molecule has 4 heteroatoms. The van der Waals surface area contributed by atoms with Crippen molar-refractivity contribution in [1.82, 2.24) is 10.2 Å². The van der Waals surface area contributed by atoms with Crippen molar-refractivity contribution in [2.45, 2.75) is 39.3 Å². The Morgan fingerprint density at radius 3 is 2.76 bits per heavy atom. The van der Waals surface area contributed by atoms with E-state index in [4.69, 9.17) is 0 Å². The van der Waals surface area contributed by atoms with Gasteiger partial charge >= 0.3 is 0 Å². The van der Waals surface area contributed by atoms with E-state index in [-0.39, 0.29) is 11.9 Å². The third kappa shape index (κ3) is 3.95. The number of halogens is 1. The molecule has 2 unspecified atom stereocenters. The quantitative estimate of drug-likeness (QED) is 0.900. The van der Waals surface area contributed by atoms with Gasteiger partial charge in [0.2, 0.25) is 0 Å². The first-order valence-electron chi connectivity index (χ1n) is 8.01. The first-order valence-corrected chi connectivity index (χ1v) is 8.01. The number of anilines is 1. The summed E-state index contributed by atoms with van der Waals surface area (Å²) in [5.41, 5.74) is 1.76. The highest BCUT2D eigenvalue weighted by Gasteiger charge is 2.23. The van der Waals surface area contributed by atoms with Crippen molar-refractivity contribution in [3.05, 3.63) is 29.6 Å². The number of hydrogen-bond donors (Lipinski definition) is 1. The molecule has 1 saturated heterocycles. The molecule has 1 N–H and O–H groups in total. The van der Waals surface area contributed by atoms with Gasteiger partial charge in [-0.3, -0.25) is 0 Å². The summed E-state index contributed by atoms with van der Waals surface area (Å²) in [6.45, 7) is 10.1. The fourth-order valence-electron chi connectivity index (χ4n) is 2.79. The Labute approximate surface area is 128 Å². The molecule has 3 nitrogen and oxygen atoms in total. The van der Waals surface area contributed by atoms with Gasteiger partial charge in [0, 0.05) is 31.7 Å². The van der Waals surface area contributed by atoms with Crippen molar-refractivity contribution in [3.63, 3.8) is 0 Å². The zero-order valence-electron chi connectivity index (χ0n) is 13.7. The van der Waals surface area contributed by atoms with E-state index in [0.29, 0.717) is 6.04 Å². The van der Waals surface area contributed by atoms with Gasteiger partial charge in [0.25, 0.3) is 0 Å². The van der Waals surface area contributed by atoms with Crippen LogP contribution in [0, 0.1) is 5.82 Å². The second-order valence-electron chi connectivity index (χ2n) is 6.16. The summed E-state index contributed by atoms with van der Waals surface area (Å²) in [6.07, 6.45) is 1.09. The molecule has 1 aromatic rings. The van der Waals surface area contributed by atoms with E-state index in [1.165, 1.54) is 0 Å². The number of likely N-dealkylation sites (N-methyl/N-ethyl adjacent to an activating group) is 1. The highest BCUT2D eigenvalue weighted by Crippen LogP contribution is 2.25. The van der Waals surface area contributed by atoms with Crippen molar-refractivity contribution in [2.75, 3.05) is 38.1 Å². The van der Waals surface area contributed by atoms with Crippen LogP contribution in [0.3, 0.4) is 0 Å². The van der Waals surface area contributed by atoms with Crippen LogP contribution in [0.5, 0.6) is 0 Å². The minimum absolute atomic E-state index is 0.102. The van der Waals surface area contributed by atoms with Crippen LogP contribution < -0.4 is 10.2 Å². The number of benzene rings is 1. The lowest BCUT2D eigenvalue weighted by Gasteiger charge is -2.39. The van der Waals surface area contributed by atoms with E-state index in [9.17, 15) is 4.39 Å². The molecule has 0 bridgehead atoms. The van der Waals surface area contributed by atoms with Gasteiger partial charge in [0.1, 0.15) is 5.82 Å². The van der Waals surface area contributed by atoms with Gasteiger partial charge < -0.3 is 15.1 Å². The summed E-state index contributed by atoms with van der Waals surface area (Å²) in [7, 11) is 2.13. The fourth-order valence-corrected chi connectivity index (χ4v) is 2.79. The van der Waals surface area contributed by atoms with Gasteiger partial charge in [0.05, 0.1) is 5.69 Å². The Bertz CT molecular complexity index is 463. The minimum atomic E-state index is -0.102. The molecular formula is C17H28FN3. The summed E-state index contributed by atoms with van der Waals surface area (Å²) in [6, 6.07) is 6.33. The molecule has 21 heavy (non-hydrogen) atoms. The van der Waals surface area contributed by atoms with Gasteiger partial charge in [-0.25, -0.2) is 4.39 Å². The van der Waals surface area contributed by atoms with Crippen LogP contribution in [0.4, 0.5) is 10.1 Å². The predicted molar refractivity (Wildman–Crippen MR) is 87.4 cm³/mol. The number of hydrogen-bond acceptors (Lipinski definition) is 3. The van der Waals surface area contributed by atoms with E-state index in [1.807, 2.05) is 6.07 Å². The van der Waals surface area contributed by atoms with Gasteiger partial charge in [-0.05, 0) is 51.6 Å². The van der Waals surface area contributed by atoms with Crippen molar-refractivity contribution < 1.29 is 4.39 Å². The van der Waals surface area contributed by atoms with E-state index in [0.717, 1.165) is 43.9 Å². The molecule has 2 rings (SSSR count). The third-order valence-electron chi connectivity index (χ3n) is 4.47. The van der Waals surface area contributed by atoms with E-state index >= 15 is 0 Å². The lowest BCUT2D eigenvalue weighted by atomic mass is 10.1. The van der Waals surface area contributed by atoms with Crippen LogP contribution in [-0.4, -0.2) is 44.2 Å². The zero-order valence-corrected chi connectivity index (χ0v) is 13.7. The average molecular weight is 293 g/mol. The Kier molecular flexibility index (Phi) is 5.59. The molecule has 2 atom stereocenters. The van der Waals surface area contributed by atoms with E-state index in [2.05, 4.69) is 49.0 Å². The number of nitrogens with one attached hydrogen (secondary N) is 1. The Balaban J connectivity index is 2.08. The maximum absolute atomic E-state index is 14.5. The molecule has 1 aliphatic rings. The SMILES string of the molecule is CCCNC(C)c1ccc(N2CCN(C)C(C)C2)c(F)c1. The largest absolute Gasteiger partial charge is 0.366 e. The van der Waals surface area contributed by atoms with Crippen LogP contribution in [-0.2, 0) is 0 Å². The van der Waals surface area contributed by atoms with E-state index in [1.54, 1.807) is 6.07 Å². The number of piperazine rings is 1. The second-order valence-corrected chi connectivity index (χ2v) is 6.16. The first-order chi connectivity index (χ1) is 10.0. The van der Waals surface area contributed by atoms with Crippen molar-refractivity contribution in [3.8, 4) is 0 Å². The monoisotopic (exact) mass is 293 g/mol. The molecule has 0 saturated carbocycles. The van der Waals surface area contributed by atoms with Gasteiger partial charge in [-0.15, -0.1) is 0 Å². The minimum Gasteiger partial charge on any atom is -0.366 e. The second kappa shape index (κ2) is 7.23. The van der Waals surface area contributed by atoms with Crippen molar-refractivity contribution >= 4 is 5.69 Å². The molecule has 1 fully saturated rings. The lowest BCUT2D eigenvalue weighted by Crippen LogP contribution is -2.50. The lowest BCUT2D eigenvalue weighted by molar-refractivity contribution is 0.233. The molecule has 1 aromatic carbocycles. The highest BCUT2D eigenvalue weighted by atomic mass is 19.1. The van der Waals surface area contributed by atoms with Crippen LogP contribution >= 0.6 is 0 Å². The third-order valence-corrected chi connectivity index (χ3v) is 4.47. The maximum Gasteiger partial charge on any atom is 0.146 e. The summed E-state index contributed by atoms with van der Waals surface area (Å²) < 4.78 is 14.5. The van der Waals surface area contributed by atoms with Gasteiger partial charge in [-0.2, -0.15) is 0 Å². The normalized spacial score (nSPS) is 21.6. The molecule has 118 valence electrons. The molecular weight excluding hydrogens is 265 g/mol. The van der Waals surface area contributed by atoms with Crippen LogP contribution in [0.25, 0.3) is 0 Å². The molecule has 0 amide bonds.